The van der Waals surface area contributed by atoms with Crippen LogP contribution in [0.3, 0.4) is 0 Å². The second kappa shape index (κ2) is 6.56. The highest BCUT2D eigenvalue weighted by molar-refractivity contribution is 5.91. The van der Waals surface area contributed by atoms with Crippen LogP contribution in [0.1, 0.15) is 17.0 Å². The van der Waals surface area contributed by atoms with Gasteiger partial charge in [0.2, 0.25) is 0 Å². The quantitative estimate of drug-likeness (QED) is 0.781. The number of hydrogen-bond acceptors (Lipinski definition) is 4. The fraction of sp³-hybridized carbons (Fsp3) is 0.615. The highest BCUT2D eigenvalue weighted by atomic mass is 16.3. The fourth-order valence-corrected chi connectivity index (χ4v) is 2.07. The molecule has 0 atom stereocenters. The van der Waals surface area contributed by atoms with Crippen LogP contribution in [0, 0.1) is 0 Å². The molecule has 0 unspecified atom stereocenters. The number of hydrogen-bond donors (Lipinski definition) is 1. The molecule has 0 radical (unpaired) electrons. The molecular formula is C13H21N3O2. The van der Waals surface area contributed by atoms with E-state index < -0.39 is 0 Å². The van der Waals surface area contributed by atoms with Gasteiger partial charge in [0.25, 0.3) is 5.91 Å². The second-order valence-corrected chi connectivity index (χ2v) is 4.73. The lowest BCUT2D eigenvalue weighted by molar-refractivity contribution is 0.0922. The van der Waals surface area contributed by atoms with Crippen molar-refractivity contribution >= 4 is 5.91 Å². The van der Waals surface area contributed by atoms with Gasteiger partial charge < -0.3 is 19.5 Å². The molecule has 1 amide bonds. The van der Waals surface area contributed by atoms with Crippen molar-refractivity contribution in [3.05, 3.63) is 24.2 Å². The van der Waals surface area contributed by atoms with Crippen LogP contribution in [-0.4, -0.2) is 62.0 Å². The summed E-state index contributed by atoms with van der Waals surface area (Å²) in [6, 6.07) is 3.40. The van der Waals surface area contributed by atoms with Gasteiger partial charge in [0.15, 0.2) is 5.76 Å². The second-order valence-electron chi connectivity index (χ2n) is 4.73. The summed E-state index contributed by atoms with van der Waals surface area (Å²) in [5, 5.41) is 2.86. The lowest BCUT2D eigenvalue weighted by atomic mass is 10.3. The molecular weight excluding hydrogens is 230 g/mol. The summed E-state index contributed by atoms with van der Waals surface area (Å²) in [6.07, 6.45) is 2.50. The van der Waals surface area contributed by atoms with Crippen LogP contribution in [0.2, 0.25) is 0 Å². The SMILES string of the molecule is CN1CCN(CCCNC(=O)c2ccco2)CC1. The predicted molar refractivity (Wildman–Crippen MR) is 69.6 cm³/mol. The number of piperazine rings is 1. The van der Waals surface area contributed by atoms with Gasteiger partial charge in [-0.25, -0.2) is 0 Å². The zero-order chi connectivity index (χ0) is 12.8. The molecule has 0 saturated carbocycles. The molecule has 5 nitrogen and oxygen atoms in total. The van der Waals surface area contributed by atoms with Crippen molar-refractivity contribution in [2.45, 2.75) is 6.42 Å². The number of rotatable bonds is 5. The third-order valence-electron chi connectivity index (χ3n) is 3.28. The molecule has 0 spiro atoms. The average molecular weight is 251 g/mol. The minimum absolute atomic E-state index is 0.127. The van der Waals surface area contributed by atoms with Crippen molar-refractivity contribution in [1.82, 2.24) is 15.1 Å². The standard InChI is InChI=1S/C13H21N3O2/c1-15-7-9-16(10-8-15)6-3-5-14-13(17)12-4-2-11-18-12/h2,4,11H,3,5-10H2,1H3,(H,14,17). The summed E-state index contributed by atoms with van der Waals surface area (Å²) < 4.78 is 5.03. The number of likely N-dealkylation sites (N-methyl/N-ethyl adjacent to an activating group) is 1. The highest BCUT2D eigenvalue weighted by Crippen LogP contribution is 2.01. The van der Waals surface area contributed by atoms with Gasteiger partial charge in [0.05, 0.1) is 6.26 Å². The molecule has 1 fully saturated rings. The van der Waals surface area contributed by atoms with Gasteiger partial charge in [-0.3, -0.25) is 4.79 Å². The lowest BCUT2D eigenvalue weighted by Crippen LogP contribution is -2.45. The number of furan rings is 1. The van der Waals surface area contributed by atoms with E-state index in [1.165, 1.54) is 6.26 Å². The topological polar surface area (TPSA) is 48.7 Å². The van der Waals surface area contributed by atoms with E-state index in [9.17, 15) is 4.79 Å². The van der Waals surface area contributed by atoms with Gasteiger partial charge in [0, 0.05) is 32.7 Å². The highest BCUT2D eigenvalue weighted by Gasteiger charge is 2.13. The molecule has 0 bridgehead atoms. The van der Waals surface area contributed by atoms with Crippen LogP contribution in [0.15, 0.2) is 22.8 Å². The van der Waals surface area contributed by atoms with Crippen molar-refractivity contribution in [1.29, 1.82) is 0 Å². The first-order chi connectivity index (χ1) is 8.75. The molecule has 2 heterocycles. The van der Waals surface area contributed by atoms with Crippen LogP contribution in [0.4, 0.5) is 0 Å². The third kappa shape index (κ3) is 3.85. The summed E-state index contributed by atoms with van der Waals surface area (Å²) in [7, 11) is 2.15. The molecule has 1 aromatic rings. The van der Waals surface area contributed by atoms with Crippen LogP contribution < -0.4 is 5.32 Å². The van der Waals surface area contributed by atoms with Crippen molar-refractivity contribution in [3.8, 4) is 0 Å². The minimum atomic E-state index is -0.127. The molecule has 18 heavy (non-hydrogen) atoms. The smallest absolute Gasteiger partial charge is 0.286 e. The third-order valence-corrected chi connectivity index (χ3v) is 3.28. The predicted octanol–water partition coefficient (Wildman–Crippen LogP) is 0.647. The first kappa shape index (κ1) is 13.1. The minimum Gasteiger partial charge on any atom is -0.459 e. The Bertz CT molecular complexity index is 356. The maximum Gasteiger partial charge on any atom is 0.286 e. The van der Waals surface area contributed by atoms with Crippen LogP contribution in [0.25, 0.3) is 0 Å². The van der Waals surface area contributed by atoms with Crippen LogP contribution in [0.5, 0.6) is 0 Å². The molecule has 100 valence electrons. The van der Waals surface area contributed by atoms with Gasteiger partial charge in [-0.2, -0.15) is 0 Å². The monoisotopic (exact) mass is 251 g/mol. The van der Waals surface area contributed by atoms with E-state index in [4.69, 9.17) is 4.42 Å². The Morgan fingerprint density at radius 2 is 2.17 bits per heavy atom. The number of amides is 1. The molecule has 1 saturated heterocycles. The maximum absolute atomic E-state index is 11.6. The van der Waals surface area contributed by atoms with Gasteiger partial charge in [-0.15, -0.1) is 0 Å². The normalized spacial score (nSPS) is 17.8. The van der Waals surface area contributed by atoms with Crippen molar-refractivity contribution in [2.75, 3.05) is 46.3 Å². The van der Waals surface area contributed by atoms with Gasteiger partial charge in [0.1, 0.15) is 0 Å². The van der Waals surface area contributed by atoms with Gasteiger partial charge >= 0.3 is 0 Å². The average Bonchev–Trinajstić information content (AvgIpc) is 2.90. The molecule has 2 rings (SSSR count). The Balaban J connectivity index is 1.57. The number of nitrogens with zero attached hydrogens (tertiary/aromatic N) is 2. The molecule has 0 aromatic carbocycles. The molecule has 5 heteroatoms. The van der Waals surface area contributed by atoms with Crippen molar-refractivity contribution < 1.29 is 9.21 Å². The fourth-order valence-electron chi connectivity index (χ4n) is 2.07. The molecule has 1 aliphatic heterocycles. The zero-order valence-corrected chi connectivity index (χ0v) is 10.9. The van der Waals surface area contributed by atoms with Gasteiger partial charge in [-0.1, -0.05) is 0 Å². The van der Waals surface area contributed by atoms with Crippen LogP contribution >= 0.6 is 0 Å². The van der Waals surface area contributed by atoms with E-state index in [-0.39, 0.29) is 5.91 Å². The van der Waals surface area contributed by atoms with Crippen molar-refractivity contribution in [2.24, 2.45) is 0 Å². The molecule has 1 aromatic heterocycles. The summed E-state index contributed by atoms with van der Waals surface area (Å²) in [6.45, 7) is 6.28. The molecule has 1 N–H and O–H groups in total. The summed E-state index contributed by atoms with van der Waals surface area (Å²) >= 11 is 0. The Morgan fingerprint density at radius 3 is 2.83 bits per heavy atom. The van der Waals surface area contributed by atoms with E-state index in [0.29, 0.717) is 12.3 Å². The van der Waals surface area contributed by atoms with E-state index in [1.807, 2.05) is 0 Å². The van der Waals surface area contributed by atoms with E-state index in [0.717, 1.165) is 39.1 Å². The zero-order valence-electron chi connectivity index (χ0n) is 10.9. The largest absolute Gasteiger partial charge is 0.459 e. The Morgan fingerprint density at radius 1 is 1.39 bits per heavy atom. The van der Waals surface area contributed by atoms with E-state index in [2.05, 4.69) is 22.2 Å². The summed E-state index contributed by atoms with van der Waals surface area (Å²) in [5.41, 5.74) is 0. The molecule has 0 aliphatic carbocycles. The van der Waals surface area contributed by atoms with Gasteiger partial charge in [-0.05, 0) is 32.1 Å². The first-order valence-corrected chi connectivity index (χ1v) is 6.48. The Hall–Kier alpha value is -1.33. The van der Waals surface area contributed by atoms with E-state index >= 15 is 0 Å². The van der Waals surface area contributed by atoms with E-state index in [1.54, 1.807) is 12.1 Å². The Labute approximate surface area is 108 Å². The lowest BCUT2D eigenvalue weighted by Gasteiger charge is -2.32. The molecule has 1 aliphatic rings. The maximum atomic E-state index is 11.6. The number of nitrogens with one attached hydrogen (secondary N) is 1. The Kier molecular flexibility index (Phi) is 4.78. The number of carbonyl (C=O) groups is 1. The summed E-state index contributed by atoms with van der Waals surface area (Å²) in [5.74, 6) is 0.257. The van der Waals surface area contributed by atoms with Crippen molar-refractivity contribution in [3.63, 3.8) is 0 Å². The first-order valence-electron chi connectivity index (χ1n) is 6.48. The number of carbonyl (C=O) groups excluding carboxylic acids is 1. The van der Waals surface area contributed by atoms with Crippen LogP contribution in [-0.2, 0) is 0 Å². The summed E-state index contributed by atoms with van der Waals surface area (Å²) in [4.78, 5) is 16.4.